The number of nitro groups is 2. The van der Waals surface area contributed by atoms with E-state index in [0.717, 1.165) is 17.7 Å². The SMILES string of the molecule is Cc1ccc2oc(-c3ccc(Cl)cc3)c(OC(=O)c3cc([N+](=O)[O-])cc([N+](=O)[O-])c3)c(=O)c2c1. The Hall–Kier alpha value is -4.57. The number of aryl methyl sites for hydroxylation is 1. The highest BCUT2D eigenvalue weighted by Crippen LogP contribution is 2.33. The number of ether oxygens (including phenoxy) is 1. The second-order valence-corrected chi connectivity index (χ2v) is 7.67. The molecule has 0 fully saturated rings. The Bertz CT molecular complexity index is 1510. The van der Waals surface area contributed by atoms with E-state index in [-0.39, 0.29) is 16.7 Å². The van der Waals surface area contributed by atoms with E-state index in [2.05, 4.69) is 0 Å². The Kier molecular flexibility index (Phi) is 5.82. The Balaban J connectivity index is 1.89. The van der Waals surface area contributed by atoms with E-state index in [4.69, 9.17) is 20.8 Å². The van der Waals surface area contributed by atoms with Crippen LogP contribution in [0.2, 0.25) is 5.02 Å². The van der Waals surface area contributed by atoms with Crippen LogP contribution in [0.4, 0.5) is 11.4 Å². The summed E-state index contributed by atoms with van der Waals surface area (Å²) in [6, 6.07) is 13.5. The summed E-state index contributed by atoms with van der Waals surface area (Å²) >= 11 is 5.94. The predicted octanol–water partition coefficient (Wildman–Crippen LogP) is 5.46. The van der Waals surface area contributed by atoms with Crippen molar-refractivity contribution in [2.24, 2.45) is 0 Å². The van der Waals surface area contributed by atoms with Gasteiger partial charge in [0.2, 0.25) is 11.2 Å². The number of hydrogen-bond donors (Lipinski definition) is 0. The highest BCUT2D eigenvalue weighted by atomic mass is 35.5. The van der Waals surface area contributed by atoms with Crippen molar-refractivity contribution < 1.29 is 23.8 Å². The lowest BCUT2D eigenvalue weighted by Crippen LogP contribution is -2.17. The number of nitro benzene ring substituents is 2. The maximum absolute atomic E-state index is 13.3. The minimum Gasteiger partial charge on any atom is -0.452 e. The molecule has 0 radical (unpaired) electrons. The molecule has 0 aliphatic rings. The van der Waals surface area contributed by atoms with Crippen LogP contribution < -0.4 is 10.2 Å². The molecule has 0 N–H and O–H groups in total. The smallest absolute Gasteiger partial charge is 0.344 e. The number of esters is 1. The van der Waals surface area contributed by atoms with E-state index in [9.17, 15) is 29.8 Å². The molecule has 0 amide bonds. The van der Waals surface area contributed by atoms with E-state index in [1.807, 2.05) is 0 Å². The van der Waals surface area contributed by atoms with Gasteiger partial charge in [0.05, 0.1) is 26.9 Å². The molecule has 0 aliphatic carbocycles. The molecule has 1 heterocycles. The molecule has 0 saturated carbocycles. The van der Waals surface area contributed by atoms with Crippen molar-refractivity contribution in [2.45, 2.75) is 6.92 Å². The van der Waals surface area contributed by atoms with E-state index < -0.39 is 43.9 Å². The van der Waals surface area contributed by atoms with E-state index in [1.54, 1.807) is 49.4 Å². The third-order valence-electron chi connectivity index (χ3n) is 4.87. The summed E-state index contributed by atoms with van der Waals surface area (Å²) in [7, 11) is 0. The first-order valence-corrected chi connectivity index (χ1v) is 10.0. The molecular formula is C23H13ClN2O8. The van der Waals surface area contributed by atoms with Crippen molar-refractivity contribution in [3.63, 3.8) is 0 Å². The van der Waals surface area contributed by atoms with Crippen molar-refractivity contribution >= 4 is 39.9 Å². The van der Waals surface area contributed by atoms with Gasteiger partial charge in [-0.3, -0.25) is 25.0 Å². The monoisotopic (exact) mass is 480 g/mol. The van der Waals surface area contributed by atoms with Crippen LogP contribution in [-0.2, 0) is 0 Å². The quantitative estimate of drug-likeness (QED) is 0.208. The van der Waals surface area contributed by atoms with Gasteiger partial charge in [0.1, 0.15) is 5.58 Å². The fourth-order valence-electron chi connectivity index (χ4n) is 3.25. The summed E-state index contributed by atoms with van der Waals surface area (Å²) in [5.74, 6) is -1.76. The van der Waals surface area contributed by atoms with Crippen molar-refractivity contribution in [3.05, 3.63) is 107 Å². The molecule has 3 aromatic carbocycles. The zero-order chi connectivity index (χ0) is 24.6. The first-order valence-electron chi connectivity index (χ1n) is 9.63. The van der Waals surface area contributed by atoms with E-state index >= 15 is 0 Å². The summed E-state index contributed by atoms with van der Waals surface area (Å²) in [5, 5.41) is 22.9. The second-order valence-electron chi connectivity index (χ2n) is 7.24. The number of carbonyl (C=O) groups is 1. The molecule has 0 unspecified atom stereocenters. The zero-order valence-electron chi connectivity index (χ0n) is 17.3. The van der Waals surface area contributed by atoms with Crippen LogP contribution in [-0.4, -0.2) is 15.8 Å². The molecule has 0 saturated heterocycles. The summed E-state index contributed by atoms with van der Waals surface area (Å²) in [5.41, 5.74) is -1.14. The molecular weight excluding hydrogens is 468 g/mol. The van der Waals surface area contributed by atoms with Gasteiger partial charge >= 0.3 is 5.97 Å². The molecule has 0 atom stereocenters. The van der Waals surface area contributed by atoms with Crippen LogP contribution >= 0.6 is 11.6 Å². The third kappa shape index (κ3) is 4.34. The average molecular weight is 481 g/mol. The minimum atomic E-state index is -1.21. The lowest BCUT2D eigenvalue weighted by Gasteiger charge is -2.11. The van der Waals surface area contributed by atoms with E-state index in [1.165, 1.54) is 0 Å². The van der Waals surface area contributed by atoms with Gasteiger partial charge in [0, 0.05) is 22.7 Å². The Morgan fingerprint density at radius 1 is 0.941 bits per heavy atom. The second kappa shape index (κ2) is 8.75. The molecule has 34 heavy (non-hydrogen) atoms. The largest absolute Gasteiger partial charge is 0.452 e. The standard InChI is InChI=1S/C23H13ClN2O8/c1-12-2-7-19-18(8-12)20(27)22(21(33-19)13-3-5-15(24)6-4-13)34-23(28)14-9-16(25(29)30)11-17(10-14)26(31)32/h2-11H,1H3. The van der Waals surface area contributed by atoms with Gasteiger partial charge < -0.3 is 9.15 Å². The van der Waals surface area contributed by atoms with Gasteiger partial charge in [-0.2, -0.15) is 0 Å². The third-order valence-corrected chi connectivity index (χ3v) is 5.12. The predicted molar refractivity (Wildman–Crippen MR) is 122 cm³/mol. The van der Waals surface area contributed by atoms with E-state index in [0.29, 0.717) is 16.7 Å². The number of fused-ring (bicyclic) bond motifs is 1. The lowest BCUT2D eigenvalue weighted by atomic mass is 10.1. The molecule has 10 nitrogen and oxygen atoms in total. The number of rotatable bonds is 5. The van der Waals surface area contributed by atoms with Gasteiger partial charge in [-0.05, 0) is 43.3 Å². The number of benzene rings is 3. The number of hydrogen-bond acceptors (Lipinski definition) is 8. The average Bonchev–Trinajstić information content (AvgIpc) is 2.81. The van der Waals surface area contributed by atoms with Crippen LogP contribution in [0.1, 0.15) is 15.9 Å². The van der Waals surface area contributed by atoms with Gasteiger partial charge in [0.25, 0.3) is 11.4 Å². The Morgan fingerprint density at radius 3 is 2.15 bits per heavy atom. The normalized spacial score (nSPS) is 10.8. The lowest BCUT2D eigenvalue weighted by molar-refractivity contribution is -0.394. The summed E-state index contributed by atoms with van der Waals surface area (Å²) in [4.78, 5) is 46.7. The number of halogens is 1. The maximum Gasteiger partial charge on any atom is 0.344 e. The number of nitrogens with zero attached hydrogens (tertiary/aromatic N) is 2. The maximum atomic E-state index is 13.3. The zero-order valence-corrected chi connectivity index (χ0v) is 18.1. The van der Waals surface area contributed by atoms with Crippen molar-refractivity contribution in [3.8, 4) is 17.1 Å². The van der Waals surface area contributed by atoms with Crippen LogP contribution in [0, 0.1) is 27.2 Å². The van der Waals surface area contributed by atoms with Crippen LogP contribution in [0.5, 0.6) is 5.75 Å². The van der Waals surface area contributed by atoms with Crippen molar-refractivity contribution in [2.75, 3.05) is 0 Å². The number of carbonyl (C=O) groups excluding carboxylic acids is 1. The van der Waals surface area contributed by atoms with Gasteiger partial charge in [0.15, 0.2) is 5.76 Å². The van der Waals surface area contributed by atoms with Gasteiger partial charge in [-0.25, -0.2) is 4.79 Å². The van der Waals surface area contributed by atoms with Crippen molar-refractivity contribution in [1.29, 1.82) is 0 Å². The fraction of sp³-hybridized carbons (Fsp3) is 0.0435. The molecule has 0 bridgehead atoms. The first-order chi connectivity index (χ1) is 16.1. The summed E-state index contributed by atoms with van der Waals surface area (Å²) in [6.45, 7) is 1.76. The molecule has 11 heteroatoms. The molecule has 4 rings (SSSR count). The fourth-order valence-corrected chi connectivity index (χ4v) is 3.38. The van der Waals surface area contributed by atoms with Crippen LogP contribution in [0.15, 0.2) is 69.9 Å². The molecule has 0 aliphatic heterocycles. The van der Waals surface area contributed by atoms with Gasteiger partial charge in [-0.1, -0.05) is 23.2 Å². The summed E-state index contributed by atoms with van der Waals surface area (Å²) < 4.78 is 11.2. The summed E-state index contributed by atoms with van der Waals surface area (Å²) in [6.07, 6.45) is 0. The topological polar surface area (TPSA) is 143 Å². The van der Waals surface area contributed by atoms with Crippen LogP contribution in [0.3, 0.4) is 0 Å². The minimum absolute atomic E-state index is 0.0775. The van der Waals surface area contributed by atoms with Crippen LogP contribution in [0.25, 0.3) is 22.3 Å². The molecule has 1 aromatic heterocycles. The highest BCUT2D eigenvalue weighted by Gasteiger charge is 2.25. The van der Waals surface area contributed by atoms with Gasteiger partial charge in [-0.15, -0.1) is 0 Å². The molecule has 4 aromatic rings. The Morgan fingerprint density at radius 2 is 1.56 bits per heavy atom. The molecule has 170 valence electrons. The first kappa shape index (κ1) is 22.6. The van der Waals surface area contributed by atoms with Crippen molar-refractivity contribution in [1.82, 2.24) is 0 Å². The number of non-ortho nitro benzene ring substituents is 2. The Labute approximate surface area is 195 Å². The molecule has 0 spiro atoms. The highest BCUT2D eigenvalue weighted by molar-refractivity contribution is 6.30.